The Morgan fingerprint density at radius 2 is 2.05 bits per heavy atom. The average Bonchev–Trinajstić information content (AvgIpc) is 3.21. The fraction of sp³-hybridized carbons (Fsp3) is 0.533. The third-order valence-corrected chi connectivity index (χ3v) is 3.46. The van der Waals surface area contributed by atoms with Crippen molar-refractivity contribution in [2.24, 2.45) is 11.7 Å². The summed E-state index contributed by atoms with van der Waals surface area (Å²) in [6.07, 6.45) is 3.25. The first-order valence-corrected chi connectivity index (χ1v) is 6.95. The van der Waals surface area contributed by atoms with Gasteiger partial charge in [0.25, 0.3) is 0 Å². The molecular formula is C15H23N3O. The molecule has 1 aromatic carbocycles. The zero-order valence-corrected chi connectivity index (χ0v) is 11.6. The third kappa shape index (κ3) is 5.01. The van der Waals surface area contributed by atoms with Crippen LogP contribution in [0.15, 0.2) is 24.3 Å². The van der Waals surface area contributed by atoms with Gasteiger partial charge in [-0.05, 0) is 43.5 Å². The molecule has 0 heterocycles. The number of hydrogen-bond donors (Lipinski definition) is 2. The van der Waals surface area contributed by atoms with Crippen molar-refractivity contribution in [3.63, 3.8) is 0 Å². The van der Waals surface area contributed by atoms with Gasteiger partial charge in [-0.3, -0.25) is 4.79 Å². The standard InChI is InChI=1S/C15H23N3O/c1-18(11-13-2-3-13)9-8-15(19)17-14-6-4-12(10-16)5-7-14/h4-7,13H,2-3,8-11,16H2,1H3,(H,17,19). The molecule has 1 aliphatic rings. The van der Waals surface area contributed by atoms with E-state index in [0.717, 1.165) is 30.3 Å². The number of rotatable bonds is 7. The van der Waals surface area contributed by atoms with Crippen molar-refractivity contribution in [3.05, 3.63) is 29.8 Å². The first kappa shape index (κ1) is 14.0. The van der Waals surface area contributed by atoms with Crippen LogP contribution in [-0.4, -0.2) is 30.9 Å². The Morgan fingerprint density at radius 3 is 2.63 bits per heavy atom. The minimum absolute atomic E-state index is 0.0724. The third-order valence-electron chi connectivity index (χ3n) is 3.46. The highest BCUT2D eigenvalue weighted by Gasteiger charge is 2.22. The Labute approximate surface area is 115 Å². The van der Waals surface area contributed by atoms with E-state index in [2.05, 4.69) is 17.3 Å². The monoisotopic (exact) mass is 261 g/mol. The summed E-state index contributed by atoms with van der Waals surface area (Å²) < 4.78 is 0. The topological polar surface area (TPSA) is 58.4 Å². The molecule has 4 nitrogen and oxygen atoms in total. The summed E-state index contributed by atoms with van der Waals surface area (Å²) in [5.41, 5.74) is 7.45. The van der Waals surface area contributed by atoms with Gasteiger partial charge in [0, 0.05) is 31.7 Å². The van der Waals surface area contributed by atoms with Gasteiger partial charge < -0.3 is 16.0 Å². The Bertz CT molecular complexity index is 412. The van der Waals surface area contributed by atoms with E-state index in [0.29, 0.717) is 13.0 Å². The molecule has 0 spiro atoms. The summed E-state index contributed by atoms with van der Waals surface area (Å²) in [5.74, 6) is 0.944. The Hall–Kier alpha value is -1.39. The van der Waals surface area contributed by atoms with E-state index in [1.54, 1.807) is 0 Å². The fourth-order valence-corrected chi connectivity index (χ4v) is 2.07. The van der Waals surface area contributed by atoms with Crippen LogP contribution < -0.4 is 11.1 Å². The van der Waals surface area contributed by atoms with E-state index >= 15 is 0 Å². The van der Waals surface area contributed by atoms with E-state index < -0.39 is 0 Å². The number of benzene rings is 1. The highest BCUT2D eigenvalue weighted by molar-refractivity contribution is 5.90. The second-order valence-corrected chi connectivity index (χ2v) is 5.40. The molecule has 0 unspecified atom stereocenters. The van der Waals surface area contributed by atoms with Crippen LogP contribution in [0.4, 0.5) is 5.69 Å². The first-order valence-electron chi connectivity index (χ1n) is 6.95. The molecule has 19 heavy (non-hydrogen) atoms. The Kier molecular flexibility index (Phi) is 4.93. The zero-order chi connectivity index (χ0) is 13.7. The number of nitrogens with two attached hydrogens (primary N) is 1. The van der Waals surface area contributed by atoms with Crippen molar-refractivity contribution in [1.29, 1.82) is 0 Å². The quantitative estimate of drug-likeness (QED) is 0.787. The zero-order valence-electron chi connectivity index (χ0n) is 11.6. The van der Waals surface area contributed by atoms with Crippen LogP contribution in [0.1, 0.15) is 24.8 Å². The van der Waals surface area contributed by atoms with E-state index in [1.807, 2.05) is 24.3 Å². The van der Waals surface area contributed by atoms with Gasteiger partial charge in [0.2, 0.25) is 5.91 Å². The van der Waals surface area contributed by atoms with Gasteiger partial charge in [0.15, 0.2) is 0 Å². The van der Waals surface area contributed by atoms with Gasteiger partial charge >= 0.3 is 0 Å². The molecule has 0 saturated heterocycles. The molecule has 0 radical (unpaired) electrons. The second-order valence-electron chi connectivity index (χ2n) is 5.40. The van der Waals surface area contributed by atoms with Gasteiger partial charge in [0.05, 0.1) is 0 Å². The molecule has 1 amide bonds. The minimum atomic E-state index is 0.0724. The van der Waals surface area contributed by atoms with Crippen molar-refractivity contribution < 1.29 is 4.79 Å². The average molecular weight is 261 g/mol. The summed E-state index contributed by atoms with van der Waals surface area (Å²) >= 11 is 0. The van der Waals surface area contributed by atoms with Crippen LogP contribution >= 0.6 is 0 Å². The summed E-state index contributed by atoms with van der Waals surface area (Å²) in [7, 11) is 2.08. The molecule has 1 saturated carbocycles. The van der Waals surface area contributed by atoms with Crippen molar-refractivity contribution in [2.75, 3.05) is 25.5 Å². The van der Waals surface area contributed by atoms with Crippen LogP contribution in [0, 0.1) is 5.92 Å². The normalized spacial score (nSPS) is 14.7. The van der Waals surface area contributed by atoms with Crippen molar-refractivity contribution in [1.82, 2.24) is 4.90 Å². The number of nitrogens with zero attached hydrogens (tertiary/aromatic N) is 1. The lowest BCUT2D eigenvalue weighted by Gasteiger charge is -2.15. The van der Waals surface area contributed by atoms with Crippen LogP contribution in [0.25, 0.3) is 0 Å². The first-order chi connectivity index (χ1) is 9.17. The summed E-state index contributed by atoms with van der Waals surface area (Å²) in [6.45, 7) is 2.47. The van der Waals surface area contributed by atoms with Crippen molar-refractivity contribution >= 4 is 11.6 Å². The van der Waals surface area contributed by atoms with Gasteiger partial charge in [0.1, 0.15) is 0 Å². The Morgan fingerprint density at radius 1 is 1.37 bits per heavy atom. The van der Waals surface area contributed by atoms with Crippen LogP contribution in [0.3, 0.4) is 0 Å². The smallest absolute Gasteiger partial charge is 0.225 e. The highest BCUT2D eigenvalue weighted by Crippen LogP contribution is 2.29. The molecule has 0 bridgehead atoms. The molecule has 4 heteroatoms. The van der Waals surface area contributed by atoms with E-state index in [1.165, 1.54) is 12.8 Å². The maximum absolute atomic E-state index is 11.8. The number of carbonyl (C=O) groups excluding carboxylic acids is 1. The summed E-state index contributed by atoms with van der Waals surface area (Å²) in [6, 6.07) is 7.67. The molecule has 0 aliphatic heterocycles. The summed E-state index contributed by atoms with van der Waals surface area (Å²) in [4.78, 5) is 14.1. The molecule has 104 valence electrons. The predicted octanol–water partition coefficient (Wildman–Crippen LogP) is 1.82. The maximum Gasteiger partial charge on any atom is 0.225 e. The summed E-state index contributed by atoms with van der Waals surface area (Å²) in [5, 5.41) is 2.91. The number of amides is 1. The molecule has 1 fully saturated rings. The van der Waals surface area contributed by atoms with Crippen molar-refractivity contribution in [3.8, 4) is 0 Å². The largest absolute Gasteiger partial charge is 0.326 e. The van der Waals surface area contributed by atoms with Gasteiger partial charge in [-0.15, -0.1) is 0 Å². The van der Waals surface area contributed by atoms with Gasteiger partial charge in [-0.2, -0.15) is 0 Å². The molecule has 3 N–H and O–H groups in total. The Balaban J connectivity index is 1.70. The number of hydrogen-bond acceptors (Lipinski definition) is 3. The van der Waals surface area contributed by atoms with E-state index in [-0.39, 0.29) is 5.91 Å². The number of carbonyl (C=O) groups is 1. The molecule has 0 atom stereocenters. The molecule has 1 aliphatic carbocycles. The number of anilines is 1. The van der Waals surface area contributed by atoms with Crippen LogP contribution in [0.5, 0.6) is 0 Å². The highest BCUT2D eigenvalue weighted by atomic mass is 16.1. The van der Waals surface area contributed by atoms with Crippen molar-refractivity contribution in [2.45, 2.75) is 25.8 Å². The lowest BCUT2D eigenvalue weighted by Crippen LogP contribution is -2.26. The lowest BCUT2D eigenvalue weighted by atomic mass is 10.2. The van der Waals surface area contributed by atoms with Crippen LogP contribution in [0.2, 0.25) is 0 Å². The fourth-order valence-electron chi connectivity index (χ4n) is 2.07. The predicted molar refractivity (Wildman–Crippen MR) is 77.8 cm³/mol. The van der Waals surface area contributed by atoms with E-state index in [9.17, 15) is 4.79 Å². The lowest BCUT2D eigenvalue weighted by molar-refractivity contribution is -0.116. The van der Waals surface area contributed by atoms with Gasteiger partial charge in [-0.1, -0.05) is 12.1 Å². The number of nitrogens with one attached hydrogen (secondary N) is 1. The maximum atomic E-state index is 11.8. The SMILES string of the molecule is CN(CCC(=O)Nc1ccc(CN)cc1)CC1CC1. The second kappa shape index (κ2) is 6.68. The van der Waals surface area contributed by atoms with Gasteiger partial charge in [-0.25, -0.2) is 0 Å². The van der Waals surface area contributed by atoms with E-state index in [4.69, 9.17) is 5.73 Å². The molecule has 0 aromatic heterocycles. The minimum Gasteiger partial charge on any atom is -0.326 e. The molecular weight excluding hydrogens is 238 g/mol. The van der Waals surface area contributed by atoms with Crippen LogP contribution in [-0.2, 0) is 11.3 Å². The molecule has 1 aromatic rings. The molecule has 2 rings (SSSR count).